The molecule has 2 N–H and O–H groups in total. The number of hydrogen-bond acceptors (Lipinski definition) is 10. The van der Waals surface area contributed by atoms with E-state index in [-0.39, 0.29) is 18.4 Å². The number of ether oxygens (including phenoxy) is 3. The van der Waals surface area contributed by atoms with Crippen molar-refractivity contribution in [2.24, 2.45) is 29.6 Å². The molecule has 0 heterocycles. The quantitative estimate of drug-likeness (QED) is 0.170. The van der Waals surface area contributed by atoms with Crippen LogP contribution in [0.15, 0.2) is 0 Å². The van der Waals surface area contributed by atoms with Gasteiger partial charge in [0.15, 0.2) is 0 Å². The minimum Gasteiger partial charge on any atom is -0.457 e. The van der Waals surface area contributed by atoms with Crippen molar-refractivity contribution in [2.75, 3.05) is 6.61 Å². The molecule has 0 aromatic heterocycles. The molecular formula is C26H36F2O9S. The second-order valence-electron chi connectivity index (χ2n) is 13.1. The highest BCUT2D eigenvalue weighted by Gasteiger charge is 2.65. The molecule has 8 aliphatic rings. The summed E-state index contributed by atoms with van der Waals surface area (Å²) in [4.78, 5) is 25.5. The van der Waals surface area contributed by atoms with Crippen molar-refractivity contribution in [1.29, 1.82) is 0 Å². The normalized spacial score (nSPS) is 46.4. The maximum atomic E-state index is 14.2. The first-order valence-electron chi connectivity index (χ1n) is 13.8. The summed E-state index contributed by atoms with van der Waals surface area (Å²) in [5.74, 6) is -1.39. The Hall–Kier alpha value is -1.05. The van der Waals surface area contributed by atoms with Gasteiger partial charge in [-0.3, -0.25) is 0 Å². The van der Waals surface area contributed by atoms with E-state index in [0.29, 0.717) is 43.4 Å². The Bertz CT molecular complexity index is 946. The number of hydrogen-bond donors (Lipinski definition) is 2. The van der Waals surface area contributed by atoms with Crippen molar-refractivity contribution in [3.8, 4) is 0 Å². The summed E-state index contributed by atoms with van der Waals surface area (Å²) in [5.41, 5.74) is -2.95. The highest BCUT2D eigenvalue weighted by molar-refractivity contribution is 7.96. The molecule has 0 saturated heterocycles. The number of alkyl halides is 2. The van der Waals surface area contributed by atoms with E-state index in [9.17, 15) is 23.5 Å². The minimum atomic E-state index is -4.05. The number of carbonyl (C=O) groups excluding carboxylic acids is 2. The van der Waals surface area contributed by atoms with Crippen LogP contribution in [-0.2, 0) is 33.2 Å². The Morgan fingerprint density at radius 2 is 1.55 bits per heavy atom. The summed E-state index contributed by atoms with van der Waals surface area (Å²) in [5, 5.41) is 18.3. The highest BCUT2D eigenvalue weighted by atomic mass is 32.2. The Morgan fingerprint density at radius 3 is 2.13 bits per heavy atom. The standard InChI is InChI=1S/C26H36F2O9S/c1-2-25(35-21(30)26(27,28)38-37-36-32)18-4-15-5-19(25)12-23(8-15,11-18)33-13-20(29)34-24-9-16-3-17(10-24)7-22(31,6-16)14-24/h15-19,31-32H,2-14H2,1H3. The molecule has 0 aromatic rings. The smallest absolute Gasteiger partial charge is 0.415 e. The first kappa shape index (κ1) is 27.1. The van der Waals surface area contributed by atoms with Gasteiger partial charge in [0.1, 0.15) is 29.9 Å². The topological polar surface area (TPSA) is 121 Å². The molecule has 8 bridgehead atoms. The lowest BCUT2D eigenvalue weighted by atomic mass is 9.47. The van der Waals surface area contributed by atoms with Gasteiger partial charge in [-0.1, -0.05) is 12.0 Å². The van der Waals surface area contributed by atoms with Crippen LogP contribution in [0.4, 0.5) is 8.78 Å². The molecule has 4 unspecified atom stereocenters. The van der Waals surface area contributed by atoms with Gasteiger partial charge in [0.05, 0.1) is 11.2 Å². The zero-order chi connectivity index (χ0) is 27.0. The van der Waals surface area contributed by atoms with Gasteiger partial charge in [0.2, 0.25) is 0 Å². The van der Waals surface area contributed by atoms with Gasteiger partial charge in [0, 0.05) is 18.3 Å². The van der Waals surface area contributed by atoms with Crippen LogP contribution in [0.5, 0.6) is 0 Å². The summed E-state index contributed by atoms with van der Waals surface area (Å²) in [7, 11) is 0. The lowest BCUT2D eigenvalue weighted by Gasteiger charge is -2.64. The molecule has 0 radical (unpaired) electrons. The van der Waals surface area contributed by atoms with Crippen molar-refractivity contribution in [2.45, 2.75) is 112 Å². The summed E-state index contributed by atoms with van der Waals surface area (Å²) in [6, 6.07) is 0. The predicted octanol–water partition coefficient (Wildman–Crippen LogP) is 4.56. The van der Waals surface area contributed by atoms with Crippen LogP contribution in [0.1, 0.15) is 84.0 Å². The van der Waals surface area contributed by atoms with E-state index in [1.54, 1.807) is 0 Å². The Balaban J connectivity index is 1.10. The molecule has 0 amide bonds. The van der Waals surface area contributed by atoms with Crippen molar-refractivity contribution >= 4 is 24.0 Å². The monoisotopic (exact) mass is 562 g/mol. The van der Waals surface area contributed by atoms with E-state index in [1.165, 1.54) is 0 Å². The largest absolute Gasteiger partial charge is 0.457 e. The van der Waals surface area contributed by atoms with E-state index in [0.717, 1.165) is 51.4 Å². The number of halogens is 2. The fourth-order valence-electron chi connectivity index (χ4n) is 10.0. The van der Waals surface area contributed by atoms with Crippen LogP contribution >= 0.6 is 12.0 Å². The summed E-state index contributed by atoms with van der Waals surface area (Å²) < 4.78 is 50.2. The molecule has 8 saturated carbocycles. The van der Waals surface area contributed by atoms with Crippen LogP contribution in [0.2, 0.25) is 0 Å². The van der Waals surface area contributed by atoms with Gasteiger partial charge in [0.25, 0.3) is 0 Å². The van der Waals surface area contributed by atoms with E-state index >= 15 is 0 Å². The second kappa shape index (κ2) is 9.24. The second-order valence-corrected chi connectivity index (χ2v) is 13.9. The van der Waals surface area contributed by atoms with Gasteiger partial charge < -0.3 is 19.3 Å². The van der Waals surface area contributed by atoms with E-state index < -0.39 is 51.6 Å². The molecule has 0 spiro atoms. The van der Waals surface area contributed by atoms with Crippen molar-refractivity contribution in [3.63, 3.8) is 0 Å². The van der Waals surface area contributed by atoms with E-state index in [2.05, 4.69) is 9.37 Å². The van der Waals surface area contributed by atoms with Gasteiger partial charge >= 0.3 is 17.2 Å². The molecule has 214 valence electrons. The maximum absolute atomic E-state index is 14.2. The Labute approximate surface area is 224 Å². The zero-order valence-electron chi connectivity index (χ0n) is 21.5. The van der Waals surface area contributed by atoms with Gasteiger partial charge in [-0.05, 0) is 88.4 Å². The average molecular weight is 563 g/mol. The Morgan fingerprint density at radius 1 is 0.921 bits per heavy atom. The third-order valence-corrected chi connectivity index (χ3v) is 11.1. The molecule has 38 heavy (non-hydrogen) atoms. The summed E-state index contributed by atoms with van der Waals surface area (Å²) >= 11 is -0.617. The molecule has 8 rings (SSSR count). The van der Waals surface area contributed by atoms with Crippen LogP contribution in [-0.4, -0.2) is 56.6 Å². The first-order valence-corrected chi connectivity index (χ1v) is 14.5. The summed E-state index contributed by atoms with van der Waals surface area (Å²) in [6.07, 6.45) is 8.47. The highest BCUT2D eigenvalue weighted by Crippen LogP contribution is 2.64. The number of rotatable bonds is 10. The molecule has 0 aliphatic heterocycles. The molecular weight excluding hydrogens is 526 g/mol. The first-order chi connectivity index (χ1) is 17.9. The van der Waals surface area contributed by atoms with Gasteiger partial charge in [-0.25, -0.2) is 14.8 Å². The molecule has 9 nitrogen and oxygen atoms in total. The minimum absolute atomic E-state index is 0.174. The molecule has 0 aromatic carbocycles. The number of aliphatic hydroxyl groups is 1. The van der Waals surface area contributed by atoms with Crippen molar-refractivity contribution in [1.82, 2.24) is 0 Å². The van der Waals surface area contributed by atoms with Crippen molar-refractivity contribution in [3.05, 3.63) is 0 Å². The number of esters is 2. The van der Waals surface area contributed by atoms with Crippen LogP contribution in [0.25, 0.3) is 0 Å². The molecule has 8 aliphatic carbocycles. The Kier molecular flexibility index (Phi) is 6.60. The van der Waals surface area contributed by atoms with Crippen LogP contribution in [0.3, 0.4) is 0 Å². The number of carbonyl (C=O) groups is 2. The molecule has 8 fully saturated rings. The maximum Gasteiger partial charge on any atom is 0.415 e. The van der Waals surface area contributed by atoms with Crippen molar-refractivity contribution < 1.29 is 52.3 Å². The predicted molar refractivity (Wildman–Crippen MR) is 127 cm³/mol. The third kappa shape index (κ3) is 4.56. The van der Waals surface area contributed by atoms with Crippen LogP contribution in [0, 0.1) is 29.6 Å². The van der Waals surface area contributed by atoms with E-state index in [4.69, 9.17) is 19.5 Å². The lowest BCUT2D eigenvalue weighted by Crippen LogP contribution is -2.66. The third-order valence-electron chi connectivity index (χ3n) is 10.6. The SMILES string of the molecule is CCC1(OC(=O)C(F)(F)SOOO)C2CC3CC1CC(OCC(=O)OC14CC5CC(CC(O)(C5)C1)C4)(C3)C2. The molecule has 12 heteroatoms. The fraction of sp³-hybridized carbons (Fsp3) is 0.923. The van der Waals surface area contributed by atoms with Gasteiger partial charge in [-0.2, -0.15) is 8.78 Å². The van der Waals surface area contributed by atoms with Crippen LogP contribution < -0.4 is 0 Å². The van der Waals surface area contributed by atoms with Gasteiger partial charge in [-0.15, -0.1) is 4.33 Å². The summed E-state index contributed by atoms with van der Waals surface area (Å²) in [6.45, 7) is 1.65. The average Bonchev–Trinajstić information content (AvgIpc) is 2.81. The molecule has 4 atom stereocenters. The zero-order valence-corrected chi connectivity index (χ0v) is 22.3. The lowest BCUT2D eigenvalue weighted by molar-refractivity contribution is -0.433. The van der Waals surface area contributed by atoms with E-state index in [1.807, 2.05) is 6.92 Å². The fourth-order valence-corrected chi connectivity index (χ4v) is 10.3.